The third-order valence-corrected chi connectivity index (χ3v) is 3.70. The molecular formula is C14H28NO-. The molecule has 0 aromatic heterocycles. The van der Waals surface area contributed by atoms with Crippen LogP contribution >= 0.6 is 0 Å². The molecule has 1 rings (SSSR count). The molecule has 0 aromatic carbocycles. The van der Waals surface area contributed by atoms with Crippen molar-refractivity contribution in [3.05, 3.63) is 5.21 Å². The molecule has 0 aliphatic heterocycles. The van der Waals surface area contributed by atoms with Gasteiger partial charge in [-0.05, 0) is 38.3 Å². The molecule has 2 heteroatoms. The fourth-order valence-corrected chi connectivity index (χ4v) is 2.64. The summed E-state index contributed by atoms with van der Waals surface area (Å²) in [6, 6.07) is 0. The molecule has 1 saturated carbocycles. The average molecular weight is 226 g/mol. The number of rotatable bonds is 8. The van der Waals surface area contributed by atoms with Crippen LogP contribution in [0.1, 0.15) is 71.1 Å². The van der Waals surface area contributed by atoms with Crippen LogP contribution < -0.4 is 0 Å². The van der Waals surface area contributed by atoms with Gasteiger partial charge in [0.15, 0.2) is 0 Å². The van der Waals surface area contributed by atoms with Crippen LogP contribution in [0.2, 0.25) is 0 Å². The molecular weight excluding hydrogens is 198 g/mol. The summed E-state index contributed by atoms with van der Waals surface area (Å²) in [5.41, 5.74) is 0. The molecule has 0 atom stereocenters. The molecule has 0 bridgehead atoms. The van der Waals surface area contributed by atoms with Gasteiger partial charge < -0.3 is 10.3 Å². The minimum Gasteiger partial charge on any atom is -0.785 e. The summed E-state index contributed by atoms with van der Waals surface area (Å²) in [5, 5.41) is 13.0. The van der Waals surface area contributed by atoms with Crippen molar-refractivity contribution in [3.63, 3.8) is 0 Å². The molecule has 0 amide bonds. The lowest BCUT2D eigenvalue weighted by Gasteiger charge is -2.34. The Labute approximate surface area is 101 Å². The highest BCUT2D eigenvalue weighted by atomic mass is 16.5. The standard InChI is InChI=1S/C14H28NO/c1-2-3-4-5-9-12-15(16)13-14-10-7-6-8-11-14/h14H,2-13H2,1H3/q-1. The second-order valence-corrected chi connectivity index (χ2v) is 5.31. The van der Waals surface area contributed by atoms with Gasteiger partial charge in [-0.15, -0.1) is 0 Å². The van der Waals surface area contributed by atoms with Crippen molar-refractivity contribution < 1.29 is 0 Å². The summed E-state index contributed by atoms with van der Waals surface area (Å²) in [6.45, 7) is 3.79. The van der Waals surface area contributed by atoms with Gasteiger partial charge in [0.05, 0.1) is 0 Å². The fourth-order valence-electron chi connectivity index (χ4n) is 2.64. The lowest BCUT2D eigenvalue weighted by Crippen LogP contribution is -2.26. The lowest BCUT2D eigenvalue weighted by atomic mass is 9.89. The van der Waals surface area contributed by atoms with Gasteiger partial charge in [0.2, 0.25) is 0 Å². The van der Waals surface area contributed by atoms with Gasteiger partial charge >= 0.3 is 0 Å². The van der Waals surface area contributed by atoms with E-state index >= 15 is 0 Å². The Hall–Kier alpha value is -0.0800. The Balaban J connectivity index is 1.95. The number of hydroxylamine groups is 2. The van der Waals surface area contributed by atoms with E-state index in [1.54, 1.807) is 0 Å². The molecule has 0 saturated heterocycles. The first kappa shape index (κ1) is 14.0. The van der Waals surface area contributed by atoms with Crippen LogP contribution in [0.25, 0.3) is 0 Å². The first-order valence-corrected chi connectivity index (χ1v) is 7.25. The molecule has 0 unspecified atom stereocenters. The minimum atomic E-state index is 0.696. The first-order chi connectivity index (χ1) is 7.83. The largest absolute Gasteiger partial charge is 0.785 e. The van der Waals surface area contributed by atoms with E-state index in [0.29, 0.717) is 5.92 Å². The molecule has 1 fully saturated rings. The zero-order valence-electron chi connectivity index (χ0n) is 10.9. The predicted octanol–water partition coefficient (Wildman–Crippen LogP) is 4.34. The molecule has 2 nitrogen and oxygen atoms in total. The molecule has 0 heterocycles. The van der Waals surface area contributed by atoms with E-state index in [4.69, 9.17) is 0 Å². The van der Waals surface area contributed by atoms with E-state index in [1.165, 1.54) is 62.9 Å². The average Bonchev–Trinajstić information content (AvgIpc) is 2.30. The van der Waals surface area contributed by atoms with E-state index in [-0.39, 0.29) is 0 Å². The molecule has 16 heavy (non-hydrogen) atoms. The molecule has 0 N–H and O–H groups in total. The van der Waals surface area contributed by atoms with Gasteiger partial charge in [-0.2, -0.15) is 0 Å². The van der Waals surface area contributed by atoms with Crippen molar-refractivity contribution >= 4 is 0 Å². The number of unbranched alkanes of at least 4 members (excludes halogenated alkanes) is 4. The molecule has 1 aliphatic carbocycles. The highest BCUT2D eigenvalue weighted by molar-refractivity contribution is 4.70. The van der Waals surface area contributed by atoms with E-state index in [0.717, 1.165) is 19.5 Å². The predicted molar refractivity (Wildman–Crippen MR) is 70.3 cm³/mol. The van der Waals surface area contributed by atoms with Crippen LogP contribution in [-0.2, 0) is 0 Å². The van der Waals surface area contributed by atoms with Crippen LogP contribution in [0.15, 0.2) is 0 Å². The van der Waals surface area contributed by atoms with Crippen LogP contribution in [0.3, 0.4) is 0 Å². The van der Waals surface area contributed by atoms with Crippen LogP contribution in [0.4, 0.5) is 0 Å². The van der Waals surface area contributed by atoms with Crippen LogP contribution in [0.5, 0.6) is 0 Å². The van der Waals surface area contributed by atoms with Crippen LogP contribution in [-0.4, -0.2) is 18.2 Å². The van der Waals surface area contributed by atoms with Crippen molar-refractivity contribution in [1.29, 1.82) is 0 Å². The van der Waals surface area contributed by atoms with Crippen molar-refractivity contribution in [2.75, 3.05) is 13.1 Å². The Morgan fingerprint density at radius 1 is 1.00 bits per heavy atom. The Morgan fingerprint density at radius 3 is 2.38 bits per heavy atom. The maximum Gasteiger partial charge on any atom is -0.0116 e. The topological polar surface area (TPSA) is 26.3 Å². The van der Waals surface area contributed by atoms with Crippen molar-refractivity contribution in [3.8, 4) is 0 Å². The van der Waals surface area contributed by atoms with Gasteiger partial charge in [0.1, 0.15) is 0 Å². The smallest absolute Gasteiger partial charge is 0.0116 e. The van der Waals surface area contributed by atoms with Crippen LogP contribution in [0, 0.1) is 11.1 Å². The second-order valence-electron chi connectivity index (χ2n) is 5.31. The monoisotopic (exact) mass is 226 g/mol. The Bertz CT molecular complexity index is 155. The molecule has 0 aromatic rings. The third-order valence-electron chi connectivity index (χ3n) is 3.70. The number of nitrogens with zero attached hydrogens (tertiary/aromatic N) is 1. The van der Waals surface area contributed by atoms with Gasteiger partial charge in [-0.25, -0.2) is 0 Å². The number of hydrogen-bond donors (Lipinski definition) is 0. The Kier molecular flexibility index (Phi) is 7.87. The van der Waals surface area contributed by atoms with Gasteiger partial charge in [0, 0.05) is 0 Å². The SMILES string of the molecule is CCCCCCCN([O-])CC1CCCCC1. The second kappa shape index (κ2) is 9.00. The summed E-state index contributed by atoms with van der Waals surface area (Å²) < 4.78 is 0. The normalized spacial score (nSPS) is 18.2. The summed E-state index contributed by atoms with van der Waals surface area (Å²) in [7, 11) is 0. The molecule has 0 radical (unpaired) electrons. The fraction of sp³-hybridized carbons (Fsp3) is 1.00. The Morgan fingerprint density at radius 2 is 1.69 bits per heavy atom. The van der Waals surface area contributed by atoms with Gasteiger partial charge in [-0.1, -0.05) is 51.9 Å². The highest BCUT2D eigenvalue weighted by Crippen LogP contribution is 2.24. The van der Waals surface area contributed by atoms with E-state index in [9.17, 15) is 5.21 Å². The zero-order valence-corrected chi connectivity index (χ0v) is 10.9. The summed E-state index contributed by atoms with van der Waals surface area (Å²) in [5.74, 6) is 0.696. The summed E-state index contributed by atoms with van der Waals surface area (Å²) >= 11 is 0. The third kappa shape index (κ3) is 6.49. The highest BCUT2D eigenvalue weighted by Gasteiger charge is 2.13. The molecule has 96 valence electrons. The molecule has 1 aliphatic rings. The first-order valence-electron chi connectivity index (χ1n) is 7.25. The van der Waals surface area contributed by atoms with E-state index < -0.39 is 0 Å². The maximum absolute atomic E-state index is 11.7. The van der Waals surface area contributed by atoms with Crippen molar-refractivity contribution in [2.45, 2.75) is 71.1 Å². The number of hydrogen-bond acceptors (Lipinski definition) is 2. The van der Waals surface area contributed by atoms with E-state index in [1.807, 2.05) is 0 Å². The minimum absolute atomic E-state index is 0.696. The van der Waals surface area contributed by atoms with Gasteiger partial charge in [0.25, 0.3) is 0 Å². The van der Waals surface area contributed by atoms with E-state index in [2.05, 4.69) is 6.92 Å². The molecule has 0 spiro atoms. The summed E-state index contributed by atoms with van der Waals surface area (Å²) in [6.07, 6.45) is 12.9. The maximum atomic E-state index is 11.7. The zero-order chi connectivity index (χ0) is 11.6. The summed E-state index contributed by atoms with van der Waals surface area (Å²) in [4.78, 5) is 0. The van der Waals surface area contributed by atoms with Crippen molar-refractivity contribution in [1.82, 2.24) is 5.06 Å². The van der Waals surface area contributed by atoms with Crippen molar-refractivity contribution in [2.24, 2.45) is 5.92 Å². The lowest BCUT2D eigenvalue weighted by molar-refractivity contribution is 0.251. The quantitative estimate of drug-likeness (QED) is 0.454. The van der Waals surface area contributed by atoms with Gasteiger partial charge in [-0.3, -0.25) is 0 Å².